The van der Waals surface area contributed by atoms with Crippen molar-refractivity contribution in [3.8, 4) is 0 Å². The van der Waals surface area contributed by atoms with Gasteiger partial charge in [0, 0.05) is 16.0 Å². The van der Waals surface area contributed by atoms with Gasteiger partial charge in [-0.1, -0.05) is 0 Å². The molecule has 0 aliphatic carbocycles. The highest BCUT2D eigenvalue weighted by atomic mass is 79.9. The van der Waals surface area contributed by atoms with Crippen LogP contribution < -0.4 is 5.32 Å². The third kappa shape index (κ3) is 2.37. The van der Waals surface area contributed by atoms with Crippen molar-refractivity contribution in [2.45, 2.75) is 13.5 Å². The largest absolute Gasteiger partial charge is 0.347 e. The molecule has 0 aliphatic heterocycles. The molecule has 0 bridgehead atoms. The van der Waals surface area contributed by atoms with Crippen molar-refractivity contribution in [2.24, 2.45) is 0 Å². The lowest BCUT2D eigenvalue weighted by atomic mass is 10.5. The van der Waals surface area contributed by atoms with Crippen LogP contribution in [0.3, 0.4) is 0 Å². The summed E-state index contributed by atoms with van der Waals surface area (Å²) in [6.45, 7) is 2.64. The van der Waals surface area contributed by atoms with Crippen molar-refractivity contribution in [1.82, 2.24) is 19.6 Å². The van der Waals surface area contributed by atoms with Gasteiger partial charge in [0.2, 0.25) is 5.95 Å². The Morgan fingerprint density at radius 3 is 3.06 bits per heavy atom. The minimum absolute atomic E-state index is 0.610. The number of nitrogens with one attached hydrogen (secondary N) is 1. The topological polar surface area (TPSA) is 55.1 Å². The van der Waals surface area contributed by atoms with E-state index in [-0.39, 0.29) is 0 Å². The third-order valence-corrected chi connectivity index (χ3v) is 3.68. The van der Waals surface area contributed by atoms with Gasteiger partial charge in [-0.3, -0.25) is 0 Å². The van der Waals surface area contributed by atoms with Crippen molar-refractivity contribution in [3.63, 3.8) is 0 Å². The first kappa shape index (κ1) is 11.6. The number of aryl methyl sites for hydroxylation is 1. The fourth-order valence-electron chi connectivity index (χ4n) is 1.59. The highest BCUT2D eigenvalue weighted by Gasteiger charge is 2.04. The molecule has 3 rings (SSSR count). The normalized spacial score (nSPS) is 11.0. The maximum Gasteiger partial charge on any atom is 0.243 e. The van der Waals surface area contributed by atoms with E-state index in [4.69, 9.17) is 0 Å². The molecule has 92 valence electrons. The Hall–Kier alpha value is -1.47. The van der Waals surface area contributed by atoms with E-state index in [0.29, 0.717) is 12.5 Å². The lowest BCUT2D eigenvalue weighted by molar-refractivity contribution is 0.940. The zero-order chi connectivity index (χ0) is 12.5. The molecule has 1 N–H and O–H groups in total. The quantitative estimate of drug-likeness (QED) is 0.805. The molecule has 0 unspecified atom stereocenters. The van der Waals surface area contributed by atoms with Crippen LogP contribution in [0.2, 0.25) is 0 Å². The summed E-state index contributed by atoms with van der Waals surface area (Å²) in [4.78, 5) is 8.75. The highest BCUT2D eigenvalue weighted by molar-refractivity contribution is 9.10. The molecule has 0 amide bonds. The van der Waals surface area contributed by atoms with Crippen LogP contribution in [0, 0.1) is 6.92 Å². The van der Waals surface area contributed by atoms with E-state index in [9.17, 15) is 0 Å². The number of hydrogen-bond acceptors (Lipinski definition) is 5. The van der Waals surface area contributed by atoms with Crippen LogP contribution in [0.1, 0.15) is 10.7 Å². The number of rotatable bonds is 3. The van der Waals surface area contributed by atoms with E-state index < -0.39 is 0 Å². The minimum atomic E-state index is 0.610. The van der Waals surface area contributed by atoms with E-state index in [1.807, 2.05) is 30.6 Å². The molecule has 7 heteroatoms. The number of anilines is 1. The first-order valence-corrected chi connectivity index (χ1v) is 7.05. The van der Waals surface area contributed by atoms with Crippen molar-refractivity contribution < 1.29 is 0 Å². The monoisotopic (exact) mass is 323 g/mol. The van der Waals surface area contributed by atoms with Crippen LogP contribution in [-0.2, 0) is 6.54 Å². The van der Waals surface area contributed by atoms with Gasteiger partial charge in [-0.15, -0.1) is 16.4 Å². The van der Waals surface area contributed by atoms with Crippen molar-refractivity contribution in [1.29, 1.82) is 0 Å². The van der Waals surface area contributed by atoms with E-state index in [0.717, 1.165) is 20.8 Å². The van der Waals surface area contributed by atoms with Crippen LogP contribution in [0.15, 0.2) is 28.2 Å². The van der Waals surface area contributed by atoms with Crippen molar-refractivity contribution in [2.75, 3.05) is 5.32 Å². The highest BCUT2D eigenvalue weighted by Crippen LogP contribution is 2.13. The Morgan fingerprint density at radius 2 is 2.28 bits per heavy atom. The summed E-state index contributed by atoms with van der Waals surface area (Å²) in [5.74, 6) is 0.610. The van der Waals surface area contributed by atoms with E-state index >= 15 is 0 Å². The van der Waals surface area contributed by atoms with E-state index in [1.54, 1.807) is 15.9 Å². The molecule has 0 radical (unpaired) electrons. The molecule has 18 heavy (non-hydrogen) atoms. The molecular formula is C11H10BrN5S. The number of halogens is 1. The first-order chi connectivity index (χ1) is 8.70. The maximum atomic E-state index is 4.38. The summed E-state index contributed by atoms with van der Waals surface area (Å²) in [5.41, 5.74) is 1.83. The molecular weight excluding hydrogens is 314 g/mol. The summed E-state index contributed by atoms with van der Waals surface area (Å²) in [7, 11) is 0. The van der Waals surface area contributed by atoms with Crippen molar-refractivity contribution >= 4 is 38.9 Å². The fraction of sp³-hybridized carbons (Fsp3) is 0.182. The third-order valence-electron chi connectivity index (χ3n) is 2.39. The number of hydrogen-bond donors (Lipinski definition) is 1. The average molecular weight is 324 g/mol. The van der Waals surface area contributed by atoms with Crippen molar-refractivity contribution in [3.05, 3.63) is 38.9 Å². The van der Waals surface area contributed by atoms with Crippen LogP contribution in [-0.4, -0.2) is 19.6 Å². The Kier molecular flexibility index (Phi) is 3.00. The Bertz CT molecular complexity index is 690. The van der Waals surface area contributed by atoms with Gasteiger partial charge >= 0.3 is 0 Å². The van der Waals surface area contributed by atoms with Gasteiger partial charge in [0.1, 0.15) is 0 Å². The standard InChI is InChI=1S/C11H10BrN5S/c1-7-14-9(6-18-7)4-13-11-15-10-3-2-8(12)5-17(10)16-11/h2-3,5-6H,4H2,1H3,(H,13,16). The second-order valence-corrected chi connectivity index (χ2v) is 5.77. The van der Waals surface area contributed by atoms with Gasteiger partial charge in [-0.25, -0.2) is 9.50 Å². The Balaban J connectivity index is 1.78. The van der Waals surface area contributed by atoms with Crippen LogP contribution >= 0.6 is 27.3 Å². The zero-order valence-electron chi connectivity index (χ0n) is 9.59. The van der Waals surface area contributed by atoms with E-state index in [1.165, 1.54) is 0 Å². The summed E-state index contributed by atoms with van der Waals surface area (Å²) in [6, 6.07) is 3.85. The molecule has 3 aromatic heterocycles. The SMILES string of the molecule is Cc1nc(CNc2nc3ccc(Br)cn3n2)cs1. The molecule has 5 nitrogen and oxygen atoms in total. The number of aromatic nitrogens is 4. The molecule has 3 aromatic rings. The van der Waals surface area contributed by atoms with Crippen LogP contribution in [0.5, 0.6) is 0 Å². The summed E-state index contributed by atoms with van der Waals surface area (Å²) in [6.07, 6.45) is 1.88. The van der Waals surface area contributed by atoms with Gasteiger partial charge < -0.3 is 5.32 Å². The number of thiazole rings is 1. The number of nitrogens with zero attached hydrogens (tertiary/aromatic N) is 4. The van der Waals surface area contributed by atoms with Gasteiger partial charge in [-0.2, -0.15) is 4.98 Å². The number of pyridine rings is 1. The lowest BCUT2D eigenvalue weighted by Gasteiger charge is -1.96. The molecule has 0 atom stereocenters. The predicted molar refractivity (Wildman–Crippen MR) is 74.9 cm³/mol. The Labute approximate surface area is 116 Å². The van der Waals surface area contributed by atoms with Gasteiger partial charge in [0.15, 0.2) is 5.65 Å². The van der Waals surface area contributed by atoms with Crippen LogP contribution in [0.4, 0.5) is 5.95 Å². The molecule has 0 aromatic carbocycles. The summed E-state index contributed by atoms with van der Waals surface area (Å²) < 4.78 is 2.71. The second kappa shape index (κ2) is 4.66. The Morgan fingerprint density at radius 1 is 1.39 bits per heavy atom. The van der Waals surface area contributed by atoms with E-state index in [2.05, 4.69) is 36.3 Å². The molecule has 0 spiro atoms. The van der Waals surface area contributed by atoms with Gasteiger partial charge in [0.25, 0.3) is 0 Å². The first-order valence-electron chi connectivity index (χ1n) is 5.37. The second-order valence-electron chi connectivity index (χ2n) is 3.80. The summed E-state index contributed by atoms with van der Waals surface area (Å²) in [5, 5.41) is 10.6. The maximum absolute atomic E-state index is 4.38. The number of fused-ring (bicyclic) bond motifs is 1. The van der Waals surface area contributed by atoms with Gasteiger partial charge in [0.05, 0.1) is 17.2 Å². The molecule has 3 heterocycles. The molecule has 0 saturated carbocycles. The van der Waals surface area contributed by atoms with Gasteiger partial charge in [-0.05, 0) is 35.0 Å². The molecule has 0 fully saturated rings. The predicted octanol–water partition coefficient (Wildman–Crippen LogP) is 2.87. The molecule has 0 aliphatic rings. The molecule has 0 saturated heterocycles. The fourth-order valence-corrected chi connectivity index (χ4v) is 2.53. The lowest BCUT2D eigenvalue weighted by Crippen LogP contribution is -2.01. The van der Waals surface area contributed by atoms with Crippen LogP contribution in [0.25, 0.3) is 5.65 Å². The average Bonchev–Trinajstić information content (AvgIpc) is 2.92. The summed E-state index contributed by atoms with van der Waals surface area (Å²) >= 11 is 5.05. The smallest absolute Gasteiger partial charge is 0.243 e. The minimum Gasteiger partial charge on any atom is -0.347 e. The zero-order valence-corrected chi connectivity index (χ0v) is 12.0.